The maximum atomic E-state index is 16.0. The second kappa shape index (κ2) is 12.8. The molecule has 1 aromatic heterocycles. The fourth-order valence-corrected chi connectivity index (χ4v) is 4.42. The number of aliphatic carboxylic acids is 1. The van der Waals surface area contributed by atoms with Gasteiger partial charge in [-0.2, -0.15) is 13.8 Å². The maximum Gasteiger partial charge on any atom is 0.307 e. The molecule has 5 N–H and O–H groups in total. The summed E-state index contributed by atoms with van der Waals surface area (Å²) in [6, 6.07) is 14.4. The molecule has 1 aliphatic rings. The number of nitrogens with zero attached hydrogens (tertiary/aromatic N) is 3. The number of aromatic hydroxyl groups is 1. The quantitative estimate of drug-likeness (QED) is 0.131. The van der Waals surface area contributed by atoms with Crippen molar-refractivity contribution < 1.29 is 42.7 Å². The summed E-state index contributed by atoms with van der Waals surface area (Å²) >= 11 is 0. The fraction of sp³-hybridized carbons (Fsp3) is 0.161. The third kappa shape index (κ3) is 6.69. The van der Waals surface area contributed by atoms with E-state index in [1.807, 2.05) is 11.9 Å². The van der Waals surface area contributed by atoms with Gasteiger partial charge in [-0.1, -0.05) is 18.2 Å². The Labute approximate surface area is 255 Å². The molecule has 4 aromatic rings. The van der Waals surface area contributed by atoms with Crippen LogP contribution in [0.3, 0.4) is 0 Å². The number of nitrogen functional groups attached to an aromatic ring is 1. The van der Waals surface area contributed by atoms with Crippen molar-refractivity contribution in [1.82, 2.24) is 9.88 Å². The van der Waals surface area contributed by atoms with Crippen LogP contribution in [0.2, 0.25) is 0 Å². The van der Waals surface area contributed by atoms with Crippen LogP contribution in [-0.2, 0) is 11.2 Å². The number of nitrogens with two attached hydrogens (primary N) is 1. The SMILES string of the molecule is COc1cc(CC(=O)O)ccc1Oc1c(F)c(Oc2cccc(C3=NCCN3C)c2)nc(Oc2cc(C(=N)N)ccc2O)c1F. The molecular formula is C31H27F2N5O7. The number of nitrogens with one attached hydrogen (secondary N) is 1. The predicted octanol–water partition coefficient (Wildman–Crippen LogP) is 5.05. The summed E-state index contributed by atoms with van der Waals surface area (Å²) in [5.74, 6) is -6.83. The van der Waals surface area contributed by atoms with Gasteiger partial charge in [-0.15, -0.1) is 0 Å². The number of halogens is 2. The topological polar surface area (TPSA) is 173 Å². The van der Waals surface area contributed by atoms with Gasteiger partial charge in [0.25, 0.3) is 11.8 Å². The van der Waals surface area contributed by atoms with E-state index >= 15 is 8.78 Å². The van der Waals surface area contributed by atoms with E-state index in [1.165, 1.54) is 49.6 Å². The van der Waals surface area contributed by atoms with E-state index in [0.29, 0.717) is 23.5 Å². The molecule has 0 fully saturated rings. The Morgan fingerprint density at radius 2 is 1.76 bits per heavy atom. The van der Waals surface area contributed by atoms with E-state index in [0.717, 1.165) is 6.54 Å². The first-order valence-electron chi connectivity index (χ1n) is 13.4. The van der Waals surface area contributed by atoms with Crippen molar-refractivity contribution in [2.24, 2.45) is 10.7 Å². The van der Waals surface area contributed by atoms with Crippen molar-refractivity contribution in [3.8, 4) is 46.3 Å². The predicted molar refractivity (Wildman–Crippen MR) is 158 cm³/mol. The number of hydrogen-bond acceptors (Lipinski definition) is 10. The average molecular weight is 620 g/mol. The van der Waals surface area contributed by atoms with Crippen molar-refractivity contribution in [3.63, 3.8) is 0 Å². The van der Waals surface area contributed by atoms with Gasteiger partial charge in [0.2, 0.25) is 17.4 Å². The number of aliphatic imine (C=N–C) groups is 1. The van der Waals surface area contributed by atoms with E-state index in [9.17, 15) is 9.90 Å². The van der Waals surface area contributed by atoms with Gasteiger partial charge in [-0.25, -0.2) is 0 Å². The molecule has 0 amide bonds. The van der Waals surface area contributed by atoms with Gasteiger partial charge in [-0.3, -0.25) is 15.2 Å². The van der Waals surface area contributed by atoms with Crippen LogP contribution in [0, 0.1) is 17.0 Å². The van der Waals surface area contributed by atoms with Crippen molar-refractivity contribution in [2.45, 2.75) is 6.42 Å². The molecule has 2 heterocycles. The molecule has 0 radical (unpaired) electrons. The Hall–Kier alpha value is -5.92. The lowest BCUT2D eigenvalue weighted by Crippen LogP contribution is -2.23. The number of phenols is 1. The number of carbonyl (C=O) groups is 1. The molecule has 232 valence electrons. The minimum absolute atomic E-state index is 0.00439. The molecule has 12 nitrogen and oxygen atoms in total. The van der Waals surface area contributed by atoms with Crippen molar-refractivity contribution in [1.29, 1.82) is 5.41 Å². The second-order valence-electron chi connectivity index (χ2n) is 9.79. The Morgan fingerprint density at radius 3 is 2.42 bits per heavy atom. The van der Waals surface area contributed by atoms with Crippen LogP contribution >= 0.6 is 0 Å². The summed E-state index contributed by atoms with van der Waals surface area (Å²) < 4.78 is 54.1. The zero-order chi connectivity index (χ0) is 32.2. The number of amidine groups is 2. The summed E-state index contributed by atoms with van der Waals surface area (Å²) in [6.45, 7) is 1.35. The standard InChI is InChI=1S/C31H27F2N5O7/c1-38-11-10-36-29(38)18-4-3-5-19(14-18)43-30-25(32)27(44-21-9-6-16(13-24(40)41)12-23(21)42-2)26(33)31(37-30)45-22-15-17(28(34)35)7-8-20(22)39/h3-9,12,14-15,39H,10-11,13H2,1-2H3,(H3,34,35)(H,40,41). The van der Waals surface area contributed by atoms with Crippen molar-refractivity contribution in [2.75, 3.05) is 27.2 Å². The zero-order valence-corrected chi connectivity index (χ0v) is 24.0. The number of pyridine rings is 1. The van der Waals surface area contributed by atoms with Gasteiger partial charge in [0.05, 0.1) is 20.1 Å². The summed E-state index contributed by atoms with van der Waals surface area (Å²) in [5, 5.41) is 27.1. The third-order valence-electron chi connectivity index (χ3n) is 6.62. The van der Waals surface area contributed by atoms with Crippen molar-refractivity contribution >= 4 is 17.6 Å². The lowest BCUT2D eigenvalue weighted by atomic mass is 10.1. The molecule has 0 unspecified atom stereocenters. The van der Waals surface area contributed by atoms with Gasteiger partial charge in [0.15, 0.2) is 23.0 Å². The Balaban J connectivity index is 1.59. The lowest BCUT2D eigenvalue weighted by molar-refractivity contribution is -0.136. The number of benzene rings is 3. The van der Waals surface area contributed by atoms with E-state index < -0.39 is 40.9 Å². The normalized spacial score (nSPS) is 12.4. The van der Waals surface area contributed by atoms with Gasteiger partial charge < -0.3 is 39.8 Å². The molecule has 5 rings (SSSR count). The highest BCUT2D eigenvalue weighted by atomic mass is 19.1. The Morgan fingerprint density at radius 1 is 1.00 bits per heavy atom. The van der Waals surface area contributed by atoms with Crippen LogP contribution in [-0.4, -0.2) is 65.0 Å². The molecule has 45 heavy (non-hydrogen) atoms. The number of carboxylic acid groups (broad SMARTS) is 1. The number of carboxylic acids is 1. The number of methoxy groups -OCH3 is 1. The monoisotopic (exact) mass is 619 g/mol. The highest BCUT2D eigenvalue weighted by Gasteiger charge is 2.28. The highest BCUT2D eigenvalue weighted by Crippen LogP contribution is 2.43. The first-order chi connectivity index (χ1) is 21.5. The number of ether oxygens (including phenoxy) is 4. The van der Waals surface area contributed by atoms with Crippen LogP contribution in [0.25, 0.3) is 0 Å². The summed E-state index contributed by atoms with van der Waals surface area (Å²) in [5.41, 5.74) is 6.74. The van der Waals surface area contributed by atoms with Gasteiger partial charge >= 0.3 is 5.97 Å². The van der Waals surface area contributed by atoms with Crippen LogP contribution in [0.1, 0.15) is 16.7 Å². The molecule has 0 atom stereocenters. The molecule has 0 saturated carbocycles. The molecule has 0 saturated heterocycles. The molecule has 14 heteroatoms. The third-order valence-corrected chi connectivity index (χ3v) is 6.62. The number of aromatic nitrogens is 1. The fourth-order valence-electron chi connectivity index (χ4n) is 4.42. The summed E-state index contributed by atoms with van der Waals surface area (Å²) in [4.78, 5) is 21.5. The summed E-state index contributed by atoms with van der Waals surface area (Å²) in [6.07, 6.45) is -0.325. The van der Waals surface area contributed by atoms with Crippen LogP contribution < -0.4 is 24.7 Å². The maximum absolute atomic E-state index is 16.0. The van der Waals surface area contributed by atoms with E-state index in [-0.39, 0.29) is 40.8 Å². The zero-order valence-electron chi connectivity index (χ0n) is 24.0. The lowest BCUT2D eigenvalue weighted by Gasteiger charge is -2.17. The van der Waals surface area contributed by atoms with Crippen LogP contribution in [0.5, 0.6) is 46.3 Å². The van der Waals surface area contributed by atoms with E-state index in [2.05, 4.69) is 9.98 Å². The number of phenolic OH excluding ortho intramolecular Hbond substituents is 1. The Kier molecular flexibility index (Phi) is 8.65. The molecule has 1 aliphatic heterocycles. The van der Waals surface area contributed by atoms with Gasteiger partial charge in [0, 0.05) is 24.7 Å². The number of hydrogen-bond donors (Lipinski definition) is 4. The number of rotatable bonds is 11. The second-order valence-corrected chi connectivity index (χ2v) is 9.79. The van der Waals surface area contributed by atoms with E-state index in [4.69, 9.17) is 35.2 Å². The highest BCUT2D eigenvalue weighted by molar-refractivity contribution is 6.00. The minimum atomic E-state index is -1.40. The van der Waals surface area contributed by atoms with Crippen LogP contribution in [0.15, 0.2) is 65.7 Å². The van der Waals surface area contributed by atoms with E-state index in [1.54, 1.807) is 18.2 Å². The molecular weight excluding hydrogens is 592 g/mol. The minimum Gasteiger partial charge on any atom is -0.504 e. The largest absolute Gasteiger partial charge is 0.504 e. The average Bonchev–Trinajstić information content (AvgIpc) is 3.44. The first kappa shape index (κ1) is 30.5. The molecule has 0 spiro atoms. The number of likely N-dealkylation sites (N-methyl/N-ethyl adjacent to an activating group) is 1. The molecule has 3 aromatic carbocycles. The summed E-state index contributed by atoms with van der Waals surface area (Å²) in [7, 11) is 3.16. The molecule has 0 aliphatic carbocycles. The first-order valence-corrected chi connectivity index (χ1v) is 13.4. The van der Waals surface area contributed by atoms with Crippen LogP contribution in [0.4, 0.5) is 8.78 Å². The van der Waals surface area contributed by atoms with Crippen molar-refractivity contribution in [3.05, 3.63) is 89.0 Å². The Bertz CT molecular complexity index is 1830. The van der Waals surface area contributed by atoms with Gasteiger partial charge in [0.1, 0.15) is 17.4 Å². The smallest absolute Gasteiger partial charge is 0.307 e. The molecule has 0 bridgehead atoms. The van der Waals surface area contributed by atoms with Gasteiger partial charge in [-0.05, 0) is 48.0 Å².